The number of hydrogen-bond donors (Lipinski definition) is 1. The molecule has 0 spiro atoms. The lowest BCUT2D eigenvalue weighted by Crippen LogP contribution is -2.46. The second kappa shape index (κ2) is 8.96. The van der Waals surface area contributed by atoms with Crippen molar-refractivity contribution in [3.05, 3.63) is 12.1 Å². The van der Waals surface area contributed by atoms with E-state index >= 15 is 0 Å². The molecular weight excluding hydrogens is 322 g/mol. The van der Waals surface area contributed by atoms with Crippen molar-refractivity contribution < 1.29 is 14.3 Å². The van der Waals surface area contributed by atoms with Gasteiger partial charge in [-0.05, 0) is 18.9 Å². The third-order valence-corrected chi connectivity index (χ3v) is 4.78. The Hall–Kier alpha value is -1.93. The van der Waals surface area contributed by atoms with Crippen LogP contribution in [0.25, 0.3) is 0 Å². The monoisotopic (exact) mass is 349 g/mol. The highest BCUT2D eigenvalue weighted by atomic mass is 16.5. The summed E-state index contributed by atoms with van der Waals surface area (Å²) in [4.78, 5) is 16.9. The van der Waals surface area contributed by atoms with Gasteiger partial charge in [0, 0.05) is 45.3 Å². The number of carbonyl (C=O) groups excluding carboxylic acids is 1. The highest BCUT2D eigenvalue weighted by Gasteiger charge is 2.26. The molecule has 138 valence electrons. The summed E-state index contributed by atoms with van der Waals surface area (Å²) < 4.78 is 10.4. The van der Waals surface area contributed by atoms with Crippen molar-refractivity contribution >= 4 is 11.7 Å². The Kier molecular flexibility index (Phi) is 6.41. The first-order valence-corrected chi connectivity index (χ1v) is 8.97. The minimum absolute atomic E-state index is 0.00217. The SMILES string of the molecule is COc1ccc(N2CCC[C@@H](C(=O)NCCN3CCOCC3)C2)nn1. The number of methoxy groups -OCH3 is 1. The first-order valence-electron chi connectivity index (χ1n) is 8.97. The first kappa shape index (κ1) is 17.9. The minimum Gasteiger partial charge on any atom is -0.480 e. The topological polar surface area (TPSA) is 79.8 Å². The van der Waals surface area contributed by atoms with Gasteiger partial charge in [0.05, 0.1) is 26.2 Å². The Morgan fingerprint density at radius 3 is 2.88 bits per heavy atom. The van der Waals surface area contributed by atoms with Crippen molar-refractivity contribution in [3.63, 3.8) is 0 Å². The smallest absolute Gasteiger partial charge is 0.233 e. The predicted molar refractivity (Wildman–Crippen MR) is 93.8 cm³/mol. The molecular formula is C17H27N5O3. The van der Waals surface area contributed by atoms with Crippen molar-refractivity contribution in [1.82, 2.24) is 20.4 Å². The van der Waals surface area contributed by atoms with Crippen LogP contribution in [-0.4, -0.2) is 80.6 Å². The van der Waals surface area contributed by atoms with Crippen LogP contribution >= 0.6 is 0 Å². The molecule has 2 aliphatic heterocycles. The van der Waals surface area contributed by atoms with E-state index in [0.29, 0.717) is 19.0 Å². The first-order chi connectivity index (χ1) is 12.3. The molecule has 1 N–H and O–H groups in total. The Morgan fingerprint density at radius 2 is 2.16 bits per heavy atom. The lowest BCUT2D eigenvalue weighted by Gasteiger charge is -2.33. The number of piperidine rings is 1. The molecule has 1 aromatic heterocycles. The maximum absolute atomic E-state index is 12.5. The maximum Gasteiger partial charge on any atom is 0.233 e. The van der Waals surface area contributed by atoms with Gasteiger partial charge >= 0.3 is 0 Å². The third-order valence-electron chi connectivity index (χ3n) is 4.78. The summed E-state index contributed by atoms with van der Waals surface area (Å²) in [6.45, 7) is 6.63. The molecule has 2 aliphatic rings. The molecule has 8 heteroatoms. The van der Waals surface area contributed by atoms with Gasteiger partial charge in [0.1, 0.15) is 0 Å². The third kappa shape index (κ3) is 5.02. The number of morpholine rings is 1. The van der Waals surface area contributed by atoms with Gasteiger partial charge in [-0.3, -0.25) is 9.69 Å². The summed E-state index contributed by atoms with van der Waals surface area (Å²) in [6, 6.07) is 3.69. The number of rotatable bonds is 6. The van der Waals surface area contributed by atoms with Crippen LogP contribution < -0.4 is 15.0 Å². The molecule has 3 rings (SSSR count). The summed E-state index contributed by atoms with van der Waals surface area (Å²) in [6.07, 6.45) is 1.90. The van der Waals surface area contributed by atoms with Crippen LogP contribution in [0.3, 0.4) is 0 Å². The van der Waals surface area contributed by atoms with Gasteiger partial charge in [-0.2, -0.15) is 0 Å². The Balaban J connectivity index is 1.45. The molecule has 1 amide bonds. The van der Waals surface area contributed by atoms with Crippen LogP contribution in [0.15, 0.2) is 12.1 Å². The number of hydrogen-bond acceptors (Lipinski definition) is 7. The summed E-state index contributed by atoms with van der Waals surface area (Å²) >= 11 is 0. The molecule has 0 aliphatic carbocycles. The van der Waals surface area contributed by atoms with E-state index in [0.717, 1.165) is 58.1 Å². The van der Waals surface area contributed by atoms with E-state index in [-0.39, 0.29) is 11.8 Å². The van der Waals surface area contributed by atoms with Gasteiger partial charge in [-0.1, -0.05) is 0 Å². The van der Waals surface area contributed by atoms with Gasteiger partial charge in [0.25, 0.3) is 0 Å². The van der Waals surface area contributed by atoms with Crippen molar-refractivity contribution in [1.29, 1.82) is 0 Å². The summed E-state index contributed by atoms with van der Waals surface area (Å²) in [5, 5.41) is 11.3. The van der Waals surface area contributed by atoms with Crippen molar-refractivity contribution in [2.75, 3.05) is 64.5 Å². The van der Waals surface area contributed by atoms with E-state index in [2.05, 4.69) is 25.3 Å². The molecule has 1 aromatic rings. The largest absolute Gasteiger partial charge is 0.480 e. The molecule has 1 atom stereocenters. The van der Waals surface area contributed by atoms with E-state index in [1.807, 2.05) is 6.07 Å². The van der Waals surface area contributed by atoms with Crippen molar-refractivity contribution in [2.24, 2.45) is 5.92 Å². The fourth-order valence-corrected chi connectivity index (χ4v) is 3.30. The second-order valence-corrected chi connectivity index (χ2v) is 6.46. The van der Waals surface area contributed by atoms with Crippen LogP contribution in [0.4, 0.5) is 5.82 Å². The maximum atomic E-state index is 12.5. The summed E-state index contributed by atoms with van der Waals surface area (Å²) in [5.41, 5.74) is 0. The van der Waals surface area contributed by atoms with Crippen LogP contribution in [0.2, 0.25) is 0 Å². The van der Waals surface area contributed by atoms with E-state index < -0.39 is 0 Å². The fraction of sp³-hybridized carbons (Fsp3) is 0.706. The molecule has 0 saturated carbocycles. The van der Waals surface area contributed by atoms with Crippen LogP contribution in [0, 0.1) is 5.92 Å². The van der Waals surface area contributed by atoms with Crippen molar-refractivity contribution in [2.45, 2.75) is 12.8 Å². The van der Waals surface area contributed by atoms with Crippen LogP contribution in [0.1, 0.15) is 12.8 Å². The number of aromatic nitrogens is 2. The van der Waals surface area contributed by atoms with E-state index in [1.165, 1.54) is 0 Å². The minimum atomic E-state index is 0.00217. The number of carbonyl (C=O) groups is 1. The quantitative estimate of drug-likeness (QED) is 0.783. The van der Waals surface area contributed by atoms with Gasteiger partial charge in [-0.25, -0.2) is 0 Å². The van der Waals surface area contributed by atoms with Gasteiger partial charge in [0.2, 0.25) is 11.8 Å². The Labute approximate surface area is 148 Å². The molecule has 2 fully saturated rings. The lowest BCUT2D eigenvalue weighted by atomic mass is 9.97. The average molecular weight is 349 g/mol. The molecule has 2 saturated heterocycles. The van der Waals surface area contributed by atoms with Crippen LogP contribution in [-0.2, 0) is 9.53 Å². The highest BCUT2D eigenvalue weighted by molar-refractivity contribution is 5.79. The predicted octanol–water partition coefficient (Wildman–Crippen LogP) is 0.150. The van der Waals surface area contributed by atoms with E-state index in [4.69, 9.17) is 9.47 Å². The molecule has 0 unspecified atom stereocenters. The van der Waals surface area contributed by atoms with E-state index in [9.17, 15) is 4.79 Å². The standard InChI is InChI=1S/C17H27N5O3/c1-24-16-5-4-15(19-20-16)22-7-2-3-14(13-22)17(23)18-6-8-21-9-11-25-12-10-21/h4-5,14H,2-3,6-13H2,1H3,(H,18,23)/t14-/m1/s1. The van der Waals surface area contributed by atoms with Crippen molar-refractivity contribution in [3.8, 4) is 5.88 Å². The van der Waals surface area contributed by atoms with Gasteiger partial charge in [0.15, 0.2) is 5.82 Å². The highest BCUT2D eigenvalue weighted by Crippen LogP contribution is 2.22. The Bertz CT molecular complexity index is 548. The Morgan fingerprint density at radius 1 is 1.32 bits per heavy atom. The number of nitrogens with one attached hydrogen (secondary N) is 1. The lowest BCUT2D eigenvalue weighted by molar-refractivity contribution is -0.125. The number of nitrogens with zero attached hydrogens (tertiary/aromatic N) is 4. The number of amides is 1. The molecule has 0 bridgehead atoms. The zero-order valence-corrected chi connectivity index (χ0v) is 14.8. The average Bonchev–Trinajstić information content (AvgIpc) is 2.69. The summed E-state index contributed by atoms with van der Waals surface area (Å²) in [7, 11) is 1.57. The second-order valence-electron chi connectivity index (χ2n) is 6.46. The molecule has 25 heavy (non-hydrogen) atoms. The molecule has 0 aromatic carbocycles. The number of anilines is 1. The zero-order valence-electron chi connectivity index (χ0n) is 14.8. The molecule has 0 radical (unpaired) electrons. The van der Waals surface area contributed by atoms with Crippen LogP contribution in [0.5, 0.6) is 5.88 Å². The molecule has 3 heterocycles. The number of ether oxygens (including phenoxy) is 2. The normalized spacial score (nSPS) is 21.8. The summed E-state index contributed by atoms with van der Waals surface area (Å²) in [5.74, 6) is 1.44. The van der Waals surface area contributed by atoms with E-state index in [1.54, 1.807) is 13.2 Å². The molecule has 8 nitrogen and oxygen atoms in total. The van der Waals surface area contributed by atoms with Gasteiger partial charge in [-0.15, -0.1) is 10.2 Å². The zero-order chi connectivity index (χ0) is 17.5. The fourth-order valence-electron chi connectivity index (χ4n) is 3.30. The van der Waals surface area contributed by atoms with Gasteiger partial charge < -0.3 is 19.7 Å².